The molecule has 0 amide bonds. The fourth-order valence-electron chi connectivity index (χ4n) is 2.57. The van der Waals surface area contributed by atoms with Crippen LogP contribution in [0.25, 0.3) is 0 Å². The molecule has 3 unspecified atom stereocenters. The second-order valence-corrected chi connectivity index (χ2v) is 5.11. The summed E-state index contributed by atoms with van der Waals surface area (Å²) in [6, 6.07) is 0.740. The quantitative estimate of drug-likeness (QED) is 0.814. The average Bonchev–Trinajstić information content (AvgIpc) is 2.70. The maximum Gasteiger partial charge on any atom is 0.0641 e. The van der Waals surface area contributed by atoms with Gasteiger partial charge in [0.15, 0.2) is 0 Å². The van der Waals surface area contributed by atoms with E-state index < -0.39 is 0 Å². The first kappa shape index (κ1) is 11.6. The largest absolute Gasteiger partial charge is 0.326 e. The summed E-state index contributed by atoms with van der Waals surface area (Å²) in [5, 5.41) is 4.40. The van der Waals surface area contributed by atoms with E-state index in [1.54, 1.807) is 0 Å². The summed E-state index contributed by atoms with van der Waals surface area (Å²) in [4.78, 5) is 2.46. The number of rotatable bonds is 2. The first-order valence-corrected chi connectivity index (χ1v) is 5.98. The molecule has 1 fully saturated rings. The van der Waals surface area contributed by atoms with Crippen LogP contribution in [0.1, 0.15) is 31.1 Å². The highest BCUT2D eigenvalue weighted by Crippen LogP contribution is 2.27. The Morgan fingerprint density at radius 2 is 2.19 bits per heavy atom. The van der Waals surface area contributed by atoms with Gasteiger partial charge in [-0.3, -0.25) is 9.58 Å². The standard InChI is InChI=1S/C12H22N4/c1-8-5-16(7-12(8)13)10(3)11-6-15(4)14-9(11)2/h6,8,10,12H,5,7,13H2,1-4H3. The summed E-state index contributed by atoms with van der Waals surface area (Å²) in [5.41, 5.74) is 8.52. The van der Waals surface area contributed by atoms with Gasteiger partial charge in [0.1, 0.15) is 0 Å². The molecular formula is C12H22N4. The lowest BCUT2D eigenvalue weighted by Crippen LogP contribution is -2.29. The van der Waals surface area contributed by atoms with Gasteiger partial charge in [-0.25, -0.2) is 0 Å². The molecule has 4 nitrogen and oxygen atoms in total. The molecule has 4 heteroatoms. The minimum atomic E-state index is 0.319. The second-order valence-electron chi connectivity index (χ2n) is 5.11. The molecule has 0 radical (unpaired) electrons. The predicted molar refractivity (Wildman–Crippen MR) is 65.1 cm³/mol. The molecule has 16 heavy (non-hydrogen) atoms. The zero-order valence-corrected chi connectivity index (χ0v) is 10.6. The zero-order valence-electron chi connectivity index (χ0n) is 10.6. The van der Waals surface area contributed by atoms with Gasteiger partial charge in [-0.1, -0.05) is 6.92 Å². The van der Waals surface area contributed by atoms with Crippen molar-refractivity contribution in [3.63, 3.8) is 0 Å². The van der Waals surface area contributed by atoms with E-state index in [1.807, 2.05) is 11.7 Å². The van der Waals surface area contributed by atoms with Crippen molar-refractivity contribution in [3.05, 3.63) is 17.5 Å². The van der Waals surface area contributed by atoms with Gasteiger partial charge in [0.05, 0.1) is 5.69 Å². The van der Waals surface area contributed by atoms with Gasteiger partial charge in [-0.2, -0.15) is 5.10 Å². The molecule has 90 valence electrons. The van der Waals surface area contributed by atoms with E-state index >= 15 is 0 Å². The molecule has 0 aliphatic carbocycles. The number of hydrogen-bond donors (Lipinski definition) is 1. The van der Waals surface area contributed by atoms with Crippen LogP contribution in [0.15, 0.2) is 6.20 Å². The minimum Gasteiger partial charge on any atom is -0.326 e. The molecule has 2 rings (SSSR count). The Labute approximate surface area is 97.4 Å². The predicted octanol–water partition coefficient (Wildman–Crippen LogP) is 1.07. The summed E-state index contributed by atoms with van der Waals surface area (Å²) in [7, 11) is 1.97. The molecule has 1 aliphatic rings. The van der Waals surface area contributed by atoms with E-state index in [0.29, 0.717) is 18.0 Å². The lowest BCUT2D eigenvalue weighted by atomic mass is 10.1. The molecule has 0 aromatic carbocycles. The van der Waals surface area contributed by atoms with Crippen molar-refractivity contribution in [2.45, 2.75) is 32.9 Å². The molecule has 1 aromatic rings. The first-order valence-electron chi connectivity index (χ1n) is 5.98. The lowest BCUT2D eigenvalue weighted by Gasteiger charge is -2.23. The van der Waals surface area contributed by atoms with Crippen molar-refractivity contribution < 1.29 is 0 Å². The van der Waals surface area contributed by atoms with Crippen molar-refractivity contribution in [1.29, 1.82) is 0 Å². The summed E-state index contributed by atoms with van der Waals surface area (Å²) >= 11 is 0. The number of aryl methyl sites for hydroxylation is 2. The van der Waals surface area contributed by atoms with Crippen LogP contribution in [-0.4, -0.2) is 33.8 Å². The van der Waals surface area contributed by atoms with Crippen LogP contribution in [0, 0.1) is 12.8 Å². The third-order valence-electron chi connectivity index (χ3n) is 3.75. The number of nitrogens with two attached hydrogens (primary N) is 1. The molecule has 0 saturated carbocycles. The van der Waals surface area contributed by atoms with E-state index in [0.717, 1.165) is 18.8 Å². The number of likely N-dealkylation sites (tertiary alicyclic amines) is 1. The van der Waals surface area contributed by atoms with Crippen LogP contribution < -0.4 is 5.73 Å². The normalized spacial score (nSPS) is 28.6. The number of nitrogens with zero attached hydrogens (tertiary/aromatic N) is 3. The third kappa shape index (κ3) is 1.99. The van der Waals surface area contributed by atoms with Crippen molar-refractivity contribution in [2.75, 3.05) is 13.1 Å². The van der Waals surface area contributed by atoms with Crippen molar-refractivity contribution in [2.24, 2.45) is 18.7 Å². The van der Waals surface area contributed by atoms with Gasteiger partial charge in [-0.15, -0.1) is 0 Å². The molecule has 1 aromatic heterocycles. The molecule has 2 heterocycles. The van der Waals surface area contributed by atoms with Crippen LogP contribution >= 0.6 is 0 Å². The third-order valence-corrected chi connectivity index (χ3v) is 3.75. The van der Waals surface area contributed by atoms with Crippen LogP contribution in [0.3, 0.4) is 0 Å². The Bertz CT molecular complexity index is 361. The van der Waals surface area contributed by atoms with E-state index in [4.69, 9.17) is 5.73 Å². The monoisotopic (exact) mass is 222 g/mol. The van der Waals surface area contributed by atoms with E-state index in [-0.39, 0.29) is 0 Å². The lowest BCUT2D eigenvalue weighted by molar-refractivity contribution is 0.253. The molecule has 1 saturated heterocycles. The fraction of sp³-hybridized carbons (Fsp3) is 0.750. The Hall–Kier alpha value is -0.870. The average molecular weight is 222 g/mol. The zero-order chi connectivity index (χ0) is 11.9. The Morgan fingerprint density at radius 3 is 2.62 bits per heavy atom. The topological polar surface area (TPSA) is 47.1 Å². The van der Waals surface area contributed by atoms with Gasteiger partial charge in [-0.05, 0) is 19.8 Å². The maximum atomic E-state index is 6.07. The van der Waals surface area contributed by atoms with Crippen molar-refractivity contribution in [3.8, 4) is 0 Å². The molecule has 2 N–H and O–H groups in total. The van der Waals surface area contributed by atoms with E-state index in [1.165, 1.54) is 5.56 Å². The maximum absolute atomic E-state index is 6.07. The highest BCUT2D eigenvalue weighted by Gasteiger charge is 2.31. The van der Waals surface area contributed by atoms with Gasteiger partial charge in [0.2, 0.25) is 0 Å². The van der Waals surface area contributed by atoms with Gasteiger partial charge < -0.3 is 5.73 Å². The van der Waals surface area contributed by atoms with Gasteiger partial charge in [0, 0.05) is 44.0 Å². The highest BCUT2D eigenvalue weighted by atomic mass is 15.3. The number of hydrogen-bond acceptors (Lipinski definition) is 3. The van der Waals surface area contributed by atoms with E-state index in [9.17, 15) is 0 Å². The molecule has 3 atom stereocenters. The first-order chi connectivity index (χ1) is 7.49. The molecular weight excluding hydrogens is 200 g/mol. The van der Waals surface area contributed by atoms with Crippen LogP contribution in [0.2, 0.25) is 0 Å². The van der Waals surface area contributed by atoms with Gasteiger partial charge in [0.25, 0.3) is 0 Å². The summed E-state index contributed by atoms with van der Waals surface area (Å²) in [5.74, 6) is 0.597. The second kappa shape index (κ2) is 4.18. The highest BCUT2D eigenvalue weighted by molar-refractivity contribution is 5.20. The van der Waals surface area contributed by atoms with Gasteiger partial charge >= 0.3 is 0 Å². The Balaban J connectivity index is 2.14. The van der Waals surface area contributed by atoms with Crippen LogP contribution in [0.4, 0.5) is 0 Å². The summed E-state index contributed by atoms with van der Waals surface area (Å²) in [6.45, 7) is 8.64. The molecule has 1 aliphatic heterocycles. The van der Waals surface area contributed by atoms with E-state index in [2.05, 4.69) is 37.0 Å². The fourth-order valence-corrected chi connectivity index (χ4v) is 2.57. The number of aromatic nitrogens is 2. The Kier molecular flexibility index (Phi) is 3.04. The SMILES string of the molecule is Cc1nn(C)cc1C(C)N1CC(C)C(N)C1. The molecule has 0 bridgehead atoms. The van der Waals surface area contributed by atoms with Crippen LogP contribution in [0.5, 0.6) is 0 Å². The van der Waals surface area contributed by atoms with Crippen molar-refractivity contribution >= 4 is 0 Å². The summed E-state index contributed by atoms with van der Waals surface area (Å²) < 4.78 is 1.89. The van der Waals surface area contributed by atoms with Crippen LogP contribution in [-0.2, 0) is 7.05 Å². The minimum absolute atomic E-state index is 0.319. The summed E-state index contributed by atoms with van der Waals surface area (Å²) in [6.07, 6.45) is 2.12. The van der Waals surface area contributed by atoms with Crippen molar-refractivity contribution in [1.82, 2.24) is 14.7 Å². The smallest absolute Gasteiger partial charge is 0.0641 e. The molecule has 0 spiro atoms. The Morgan fingerprint density at radius 1 is 1.50 bits per heavy atom.